The number of amides is 1. The normalized spacial score (nSPS) is 18.6. The lowest BCUT2D eigenvalue weighted by molar-refractivity contribution is -0.129. The van der Waals surface area contributed by atoms with Crippen LogP contribution in [0.15, 0.2) is 42.6 Å². The van der Waals surface area contributed by atoms with Crippen molar-refractivity contribution in [2.45, 2.75) is 25.6 Å². The quantitative estimate of drug-likeness (QED) is 0.782. The van der Waals surface area contributed by atoms with Gasteiger partial charge in [0.15, 0.2) is 0 Å². The number of morpholine rings is 1. The second-order valence-electron chi connectivity index (χ2n) is 5.75. The third-order valence-corrected chi connectivity index (χ3v) is 3.91. The number of rotatable bonds is 5. The van der Waals surface area contributed by atoms with Crippen molar-refractivity contribution in [1.82, 2.24) is 15.6 Å². The zero-order valence-corrected chi connectivity index (χ0v) is 16.3. The molecule has 0 spiro atoms. The Hall–Kier alpha value is -1.93. The number of carbonyl (C=O) groups excluding carboxylic acids is 1. The molecular formula is C18H22Cl2FN3O3. The average molecular weight is 418 g/mol. The summed E-state index contributed by atoms with van der Waals surface area (Å²) < 4.78 is 24.4. The number of nitrogens with zero attached hydrogens (tertiary/aromatic N) is 1. The number of halogens is 3. The van der Waals surface area contributed by atoms with Crippen LogP contribution >= 0.6 is 24.8 Å². The van der Waals surface area contributed by atoms with Gasteiger partial charge in [0.05, 0.1) is 12.7 Å². The minimum absolute atomic E-state index is 0. The van der Waals surface area contributed by atoms with Gasteiger partial charge in [-0.1, -0.05) is 12.1 Å². The Balaban J connectivity index is 0.00000182. The summed E-state index contributed by atoms with van der Waals surface area (Å²) in [6.07, 6.45) is 1.39. The van der Waals surface area contributed by atoms with E-state index < -0.39 is 6.04 Å². The standard InChI is InChI=1S/C18H20FN3O3.2ClH/c1-12-16(20-8-9-24-12)17(23)22-11-13-4-3-7-21-18(13)25-15-6-2-5-14(19)10-15;;/h2-7,10,12,16,20H,8-9,11H2,1H3,(H,22,23);2*1H/t12-,16+;;/m1../s1. The highest BCUT2D eigenvalue weighted by Crippen LogP contribution is 2.23. The number of aromatic nitrogens is 1. The summed E-state index contributed by atoms with van der Waals surface area (Å²) in [5, 5.41) is 6.00. The van der Waals surface area contributed by atoms with Crippen LogP contribution < -0.4 is 15.4 Å². The SMILES string of the molecule is C[C@H]1OCCN[C@@H]1C(=O)NCc1cccnc1Oc1cccc(F)c1.Cl.Cl. The number of hydrogen-bond donors (Lipinski definition) is 2. The molecule has 2 aromatic rings. The molecule has 1 aromatic heterocycles. The largest absolute Gasteiger partial charge is 0.439 e. The van der Waals surface area contributed by atoms with E-state index in [0.717, 1.165) is 0 Å². The highest BCUT2D eigenvalue weighted by Gasteiger charge is 2.28. The lowest BCUT2D eigenvalue weighted by Gasteiger charge is -2.29. The number of nitrogens with one attached hydrogen (secondary N) is 2. The van der Waals surface area contributed by atoms with Gasteiger partial charge in [0.1, 0.15) is 17.6 Å². The number of pyridine rings is 1. The molecule has 27 heavy (non-hydrogen) atoms. The monoisotopic (exact) mass is 417 g/mol. The molecule has 2 N–H and O–H groups in total. The number of hydrogen-bond acceptors (Lipinski definition) is 5. The van der Waals surface area contributed by atoms with Gasteiger partial charge in [-0.15, -0.1) is 24.8 Å². The maximum absolute atomic E-state index is 13.3. The highest BCUT2D eigenvalue weighted by molar-refractivity contribution is 5.85. The Morgan fingerprint density at radius 1 is 1.37 bits per heavy atom. The van der Waals surface area contributed by atoms with E-state index in [0.29, 0.717) is 30.3 Å². The predicted molar refractivity (Wildman–Crippen MR) is 104 cm³/mol. The summed E-state index contributed by atoms with van der Waals surface area (Å²) in [7, 11) is 0. The van der Waals surface area contributed by atoms with Crippen molar-refractivity contribution in [3.05, 3.63) is 54.0 Å². The van der Waals surface area contributed by atoms with Gasteiger partial charge in [-0.05, 0) is 25.1 Å². The van der Waals surface area contributed by atoms with Crippen LogP contribution in [0.1, 0.15) is 12.5 Å². The molecule has 0 bridgehead atoms. The van der Waals surface area contributed by atoms with E-state index in [-0.39, 0.29) is 49.2 Å². The minimum atomic E-state index is -0.391. The van der Waals surface area contributed by atoms with Crippen LogP contribution in [0.25, 0.3) is 0 Å². The molecule has 0 unspecified atom stereocenters. The Bertz CT molecular complexity index is 751. The zero-order valence-electron chi connectivity index (χ0n) is 14.7. The first-order valence-electron chi connectivity index (χ1n) is 8.13. The van der Waals surface area contributed by atoms with Crippen LogP contribution in [-0.4, -0.2) is 36.2 Å². The molecule has 1 aliphatic heterocycles. The molecule has 1 amide bonds. The van der Waals surface area contributed by atoms with Crippen LogP contribution in [0.3, 0.4) is 0 Å². The van der Waals surface area contributed by atoms with E-state index in [2.05, 4.69) is 15.6 Å². The van der Waals surface area contributed by atoms with Crippen molar-refractivity contribution in [3.63, 3.8) is 0 Å². The van der Waals surface area contributed by atoms with E-state index in [1.54, 1.807) is 30.5 Å². The molecule has 148 valence electrons. The fourth-order valence-electron chi connectivity index (χ4n) is 2.61. The van der Waals surface area contributed by atoms with Crippen LogP contribution in [0, 0.1) is 5.82 Å². The van der Waals surface area contributed by atoms with Crippen LogP contribution in [0.4, 0.5) is 4.39 Å². The first-order valence-corrected chi connectivity index (χ1v) is 8.13. The number of carbonyl (C=O) groups is 1. The minimum Gasteiger partial charge on any atom is -0.439 e. The molecule has 9 heteroatoms. The van der Waals surface area contributed by atoms with Gasteiger partial charge in [0.25, 0.3) is 0 Å². The molecule has 0 aliphatic carbocycles. The fraction of sp³-hybridized carbons (Fsp3) is 0.333. The number of benzene rings is 1. The highest BCUT2D eigenvalue weighted by atomic mass is 35.5. The Kier molecular flexibility index (Phi) is 9.45. The summed E-state index contributed by atoms with van der Waals surface area (Å²) in [5.74, 6) is 0.143. The Labute approximate surface area is 169 Å². The van der Waals surface area contributed by atoms with Crippen molar-refractivity contribution in [2.24, 2.45) is 0 Å². The van der Waals surface area contributed by atoms with Gasteiger partial charge in [-0.2, -0.15) is 0 Å². The summed E-state index contributed by atoms with van der Waals surface area (Å²) >= 11 is 0. The molecule has 1 aromatic carbocycles. The van der Waals surface area contributed by atoms with E-state index >= 15 is 0 Å². The van der Waals surface area contributed by atoms with Gasteiger partial charge in [0, 0.05) is 30.9 Å². The maximum Gasteiger partial charge on any atom is 0.240 e. The van der Waals surface area contributed by atoms with Gasteiger partial charge in [0.2, 0.25) is 11.8 Å². The first-order chi connectivity index (χ1) is 12.1. The molecule has 0 radical (unpaired) electrons. The second-order valence-corrected chi connectivity index (χ2v) is 5.75. The summed E-state index contributed by atoms with van der Waals surface area (Å²) in [5.41, 5.74) is 0.699. The van der Waals surface area contributed by atoms with E-state index in [4.69, 9.17) is 9.47 Å². The molecule has 2 heterocycles. The van der Waals surface area contributed by atoms with Crippen LogP contribution in [0.5, 0.6) is 11.6 Å². The van der Waals surface area contributed by atoms with Gasteiger partial charge in [-0.25, -0.2) is 9.37 Å². The van der Waals surface area contributed by atoms with E-state index in [1.807, 2.05) is 6.92 Å². The van der Waals surface area contributed by atoms with E-state index in [9.17, 15) is 9.18 Å². The maximum atomic E-state index is 13.3. The Morgan fingerprint density at radius 2 is 2.19 bits per heavy atom. The molecule has 1 aliphatic rings. The zero-order chi connectivity index (χ0) is 17.6. The van der Waals surface area contributed by atoms with Gasteiger partial charge in [-0.3, -0.25) is 4.79 Å². The predicted octanol–water partition coefficient (Wildman–Crippen LogP) is 2.85. The van der Waals surface area contributed by atoms with Crippen LogP contribution in [-0.2, 0) is 16.1 Å². The third-order valence-electron chi connectivity index (χ3n) is 3.91. The van der Waals surface area contributed by atoms with Gasteiger partial charge >= 0.3 is 0 Å². The molecule has 6 nitrogen and oxygen atoms in total. The summed E-state index contributed by atoms with van der Waals surface area (Å²) in [6, 6.07) is 8.99. The first kappa shape index (κ1) is 23.1. The summed E-state index contributed by atoms with van der Waals surface area (Å²) in [4.78, 5) is 16.5. The van der Waals surface area contributed by atoms with Crippen LogP contribution in [0.2, 0.25) is 0 Å². The smallest absolute Gasteiger partial charge is 0.240 e. The lowest BCUT2D eigenvalue weighted by Crippen LogP contribution is -2.55. The molecule has 1 fully saturated rings. The van der Waals surface area contributed by atoms with Crippen molar-refractivity contribution < 1.29 is 18.7 Å². The molecular weight excluding hydrogens is 396 g/mol. The number of ether oxygens (including phenoxy) is 2. The fourth-order valence-corrected chi connectivity index (χ4v) is 2.61. The second kappa shape index (κ2) is 11.0. The molecule has 1 saturated heterocycles. The van der Waals surface area contributed by atoms with E-state index in [1.165, 1.54) is 12.1 Å². The summed E-state index contributed by atoms with van der Waals surface area (Å²) in [6.45, 7) is 3.35. The van der Waals surface area contributed by atoms with Crippen molar-refractivity contribution in [3.8, 4) is 11.6 Å². The molecule has 2 atom stereocenters. The molecule has 3 rings (SSSR count). The third kappa shape index (κ3) is 6.32. The Morgan fingerprint density at radius 3 is 2.93 bits per heavy atom. The molecule has 0 saturated carbocycles. The van der Waals surface area contributed by atoms with Crippen molar-refractivity contribution in [1.29, 1.82) is 0 Å². The van der Waals surface area contributed by atoms with Crippen molar-refractivity contribution in [2.75, 3.05) is 13.2 Å². The van der Waals surface area contributed by atoms with Gasteiger partial charge < -0.3 is 20.1 Å². The average Bonchev–Trinajstić information content (AvgIpc) is 2.61. The van der Waals surface area contributed by atoms with Crippen molar-refractivity contribution >= 4 is 30.7 Å². The lowest BCUT2D eigenvalue weighted by atomic mass is 10.1. The topological polar surface area (TPSA) is 72.5 Å².